The maximum atomic E-state index is 13.5. The predicted octanol–water partition coefficient (Wildman–Crippen LogP) is 2.47. The van der Waals surface area contributed by atoms with Crippen LogP contribution in [0.2, 0.25) is 0 Å². The highest BCUT2D eigenvalue weighted by Crippen LogP contribution is 2.33. The van der Waals surface area contributed by atoms with E-state index < -0.39 is 35.5 Å². The number of halogens is 2. The molecule has 4 rings (SSSR count). The zero-order valence-electron chi connectivity index (χ0n) is 14.2. The second kappa shape index (κ2) is 6.42. The maximum Gasteiger partial charge on any atom is 0.263 e. The molecule has 2 aromatic carbocycles. The van der Waals surface area contributed by atoms with Crippen molar-refractivity contribution >= 4 is 17.5 Å². The van der Waals surface area contributed by atoms with Crippen LogP contribution in [-0.2, 0) is 16.1 Å². The molecule has 7 nitrogen and oxygen atoms in total. The summed E-state index contributed by atoms with van der Waals surface area (Å²) in [5.74, 6) is -2.69. The molecule has 2 amide bonds. The molecular formula is C18H14F2N4O3. The molecule has 0 N–H and O–H groups in total. The van der Waals surface area contributed by atoms with E-state index in [2.05, 4.69) is 10.3 Å². The van der Waals surface area contributed by atoms with Gasteiger partial charge >= 0.3 is 0 Å². The Balaban J connectivity index is 1.58. The summed E-state index contributed by atoms with van der Waals surface area (Å²) in [6.45, 7) is 0.263. The molecule has 0 radical (unpaired) electrons. The number of fused-ring (bicyclic) bond motifs is 1. The Labute approximate surface area is 152 Å². The topological polar surface area (TPSA) is 74.6 Å². The normalized spacial score (nSPS) is 21.1. The molecule has 9 heteroatoms. The SMILES string of the molecule is COc1ccc(CN2N=NC3C(=O)N(c4ccc(F)c(F)c4)C(=O)C32)cc1. The summed E-state index contributed by atoms with van der Waals surface area (Å²) >= 11 is 0. The summed E-state index contributed by atoms with van der Waals surface area (Å²) < 4.78 is 31.8. The van der Waals surface area contributed by atoms with Crippen molar-refractivity contribution in [1.82, 2.24) is 5.01 Å². The number of benzene rings is 2. The third kappa shape index (κ3) is 2.80. The summed E-state index contributed by atoms with van der Waals surface area (Å²) in [5.41, 5.74) is 0.819. The number of nitrogens with zero attached hydrogens (tertiary/aromatic N) is 4. The van der Waals surface area contributed by atoms with Crippen molar-refractivity contribution in [3.63, 3.8) is 0 Å². The van der Waals surface area contributed by atoms with Gasteiger partial charge < -0.3 is 4.74 Å². The second-order valence-corrected chi connectivity index (χ2v) is 6.15. The van der Waals surface area contributed by atoms with Gasteiger partial charge in [-0.25, -0.2) is 13.7 Å². The smallest absolute Gasteiger partial charge is 0.263 e. The molecule has 0 bridgehead atoms. The lowest BCUT2D eigenvalue weighted by atomic mass is 10.1. The van der Waals surface area contributed by atoms with Crippen LogP contribution in [0.4, 0.5) is 14.5 Å². The van der Waals surface area contributed by atoms with Crippen LogP contribution in [0, 0.1) is 11.6 Å². The Hall–Kier alpha value is -3.36. The zero-order valence-corrected chi connectivity index (χ0v) is 14.2. The molecule has 2 unspecified atom stereocenters. The van der Waals surface area contributed by atoms with Crippen LogP contribution in [0.15, 0.2) is 52.8 Å². The molecule has 27 heavy (non-hydrogen) atoms. The Morgan fingerprint density at radius 3 is 2.44 bits per heavy atom. The van der Waals surface area contributed by atoms with Crippen molar-refractivity contribution in [2.45, 2.75) is 18.6 Å². The van der Waals surface area contributed by atoms with E-state index in [-0.39, 0.29) is 12.2 Å². The lowest BCUT2D eigenvalue weighted by Gasteiger charge is -2.20. The largest absolute Gasteiger partial charge is 0.497 e. The monoisotopic (exact) mass is 372 g/mol. The van der Waals surface area contributed by atoms with E-state index in [1.165, 1.54) is 11.1 Å². The molecule has 2 aromatic rings. The van der Waals surface area contributed by atoms with Crippen molar-refractivity contribution < 1.29 is 23.1 Å². The minimum absolute atomic E-state index is 0.0297. The van der Waals surface area contributed by atoms with Gasteiger partial charge in [0.15, 0.2) is 23.7 Å². The molecule has 2 heterocycles. The number of rotatable bonds is 4. The van der Waals surface area contributed by atoms with Gasteiger partial charge in [-0.3, -0.25) is 14.6 Å². The number of carbonyl (C=O) groups is 2. The minimum atomic E-state index is -1.14. The molecule has 0 saturated carbocycles. The highest BCUT2D eigenvalue weighted by atomic mass is 19.2. The lowest BCUT2D eigenvalue weighted by Crippen LogP contribution is -2.39. The van der Waals surface area contributed by atoms with Gasteiger partial charge in [0, 0.05) is 6.07 Å². The van der Waals surface area contributed by atoms with E-state index in [0.29, 0.717) is 5.75 Å². The molecular weight excluding hydrogens is 358 g/mol. The molecule has 2 aliphatic heterocycles. The molecule has 138 valence electrons. The number of methoxy groups -OCH3 is 1. The Morgan fingerprint density at radius 2 is 1.78 bits per heavy atom. The highest BCUT2D eigenvalue weighted by molar-refractivity contribution is 6.25. The van der Waals surface area contributed by atoms with Crippen LogP contribution in [-0.4, -0.2) is 36.0 Å². The van der Waals surface area contributed by atoms with Crippen LogP contribution in [0.3, 0.4) is 0 Å². The van der Waals surface area contributed by atoms with Gasteiger partial charge in [-0.15, -0.1) is 0 Å². The van der Waals surface area contributed by atoms with Crippen molar-refractivity contribution in [3.8, 4) is 5.75 Å². The van der Waals surface area contributed by atoms with Gasteiger partial charge in [-0.1, -0.05) is 17.4 Å². The highest BCUT2D eigenvalue weighted by Gasteiger charge is 2.54. The lowest BCUT2D eigenvalue weighted by molar-refractivity contribution is -0.123. The summed E-state index contributed by atoms with van der Waals surface area (Å²) in [5, 5.41) is 9.27. The summed E-state index contributed by atoms with van der Waals surface area (Å²) in [6, 6.07) is 8.14. The fourth-order valence-corrected chi connectivity index (χ4v) is 3.15. The standard InChI is InChI=1S/C18H14F2N4O3/c1-27-12-5-2-10(3-6-12)9-23-16-15(21-22-23)17(25)24(18(16)26)11-4-7-13(19)14(20)8-11/h2-8,15-16H,9H2,1H3. The number of ether oxygens (including phenoxy) is 1. The van der Waals surface area contributed by atoms with Crippen molar-refractivity contribution in [1.29, 1.82) is 0 Å². The molecule has 2 atom stereocenters. The van der Waals surface area contributed by atoms with Crippen LogP contribution >= 0.6 is 0 Å². The first-order valence-electron chi connectivity index (χ1n) is 8.13. The number of hydrogen-bond donors (Lipinski definition) is 0. The van der Waals surface area contributed by atoms with Gasteiger partial charge in [0.25, 0.3) is 11.8 Å². The first-order chi connectivity index (χ1) is 13.0. The minimum Gasteiger partial charge on any atom is -0.497 e. The van der Waals surface area contributed by atoms with Crippen LogP contribution < -0.4 is 9.64 Å². The number of hydrogen-bond acceptors (Lipinski definition) is 6. The average Bonchev–Trinajstić information content (AvgIpc) is 3.18. The molecule has 0 spiro atoms. The fourth-order valence-electron chi connectivity index (χ4n) is 3.15. The van der Waals surface area contributed by atoms with Crippen LogP contribution in [0.25, 0.3) is 0 Å². The van der Waals surface area contributed by atoms with E-state index in [0.717, 1.165) is 22.6 Å². The van der Waals surface area contributed by atoms with Gasteiger partial charge in [0.1, 0.15) is 5.75 Å². The molecule has 1 fully saturated rings. The quantitative estimate of drug-likeness (QED) is 0.773. The molecule has 1 saturated heterocycles. The molecule has 2 aliphatic rings. The number of anilines is 1. The number of imide groups is 1. The third-order valence-corrected chi connectivity index (χ3v) is 4.52. The van der Waals surface area contributed by atoms with Gasteiger partial charge in [-0.05, 0) is 29.8 Å². The first-order valence-corrected chi connectivity index (χ1v) is 8.13. The van der Waals surface area contributed by atoms with Crippen molar-refractivity contribution in [2.75, 3.05) is 12.0 Å². The molecule has 0 aliphatic carbocycles. The van der Waals surface area contributed by atoms with Crippen molar-refractivity contribution in [3.05, 3.63) is 59.7 Å². The third-order valence-electron chi connectivity index (χ3n) is 4.52. The molecule has 0 aromatic heterocycles. The summed E-state index contributed by atoms with van der Waals surface area (Å²) in [6.07, 6.45) is 0. The van der Waals surface area contributed by atoms with E-state index in [4.69, 9.17) is 4.74 Å². The Kier molecular flexibility index (Phi) is 4.06. The van der Waals surface area contributed by atoms with Gasteiger partial charge in [0.2, 0.25) is 0 Å². The van der Waals surface area contributed by atoms with Gasteiger partial charge in [-0.2, -0.15) is 5.11 Å². The van der Waals surface area contributed by atoms with E-state index in [1.807, 2.05) is 12.1 Å². The van der Waals surface area contributed by atoms with Crippen LogP contribution in [0.5, 0.6) is 5.75 Å². The average molecular weight is 372 g/mol. The van der Waals surface area contributed by atoms with Crippen LogP contribution in [0.1, 0.15) is 5.56 Å². The van der Waals surface area contributed by atoms with Gasteiger partial charge in [0.05, 0.1) is 19.3 Å². The van der Waals surface area contributed by atoms with E-state index >= 15 is 0 Å². The Morgan fingerprint density at radius 1 is 1.04 bits per heavy atom. The van der Waals surface area contributed by atoms with E-state index in [1.54, 1.807) is 19.2 Å². The predicted molar refractivity (Wildman–Crippen MR) is 89.8 cm³/mol. The first kappa shape index (κ1) is 17.1. The summed E-state index contributed by atoms with van der Waals surface area (Å²) in [4.78, 5) is 26.2. The fraction of sp³-hybridized carbons (Fsp3) is 0.222. The maximum absolute atomic E-state index is 13.5. The van der Waals surface area contributed by atoms with Crippen molar-refractivity contribution in [2.24, 2.45) is 10.3 Å². The number of amides is 2. The second-order valence-electron chi connectivity index (χ2n) is 6.15. The summed E-state index contributed by atoms with van der Waals surface area (Å²) in [7, 11) is 1.56. The Bertz CT molecular complexity index is 948. The zero-order chi connectivity index (χ0) is 19.1. The number of carbonyl (C=O) groups excluding carboxylic acids is 2. The van der Waals surface area contributed by atoms with E-state index in [9.17, 15) is 18.4 Å².